The standard InChI is InChI=1S/C45H48ClN5O5/c1-31-35(10-7-12-38(31)39-13-8-15-42(32(39)2)54-21-9-17-48-19-16-37-11-3-5-18-50-37)30-56-44-24-43(55-29-34-22-33(25-47)26-49-27-34)36(23-40(44)46)28-51-20-6-4-14-41(51)45(52)53/h3,5,7-8,10-13,15,18,22-24,26-27,41,48H,4,6,9,14,16-17,19-21,28-30H2,1-2H3,(H,52,53)/t41-/m0/s1. The molecular formula is C45H48ClN5O5. The second-order valence-corrected chi connectivity index (χ2v) is 14.4. The summed E-state index contributed by atoms with van der Waals surface area (Å²) in [6, 6.07) is 25.2. The summed E-state index contributed by atoms with van der Waals surface area (Å²) in [6.45, 7) is 7.99. The average molecular weight is 774 g/mol. The highest BCUT2D eigenvalue weighted by Crippen LogP contribution is 2.37. The van der Waals surface area contributed by atoms with Crippen LogP contribution in [0.1, 0.15) is 64.8 Å². The number of rotatable bonds is 18. The summed E-state index contributed by atoms with van der Waals surface area (Å²) in [5.74, 6) is 1.01. The summed E-state index contributed by atoms with van der Waals surface area (Å²) in [7, 11) is 0. The largest absolute Gasteiger partial charge is 0.493 e. The maximum Gasteiger partial charge on any atom is 0.320 e. The van der Waals surface area contributed by atoms with Gasteiger partial charge in [0.1, 0.15) is 42.6 Å². The van der Waals surface area contributed by atoms with Crippen LogP contribution >= 0.6 is 11.6 Å². The lowest BCUT2D eigenvalue weighted by molar-refractivity contribution is -0.144. The number of aliphatic carboxylic acids is 1. The minimum Gasteiger partial charge on any atom is -0.493 e. The van der Waals surface area contributed by atoms with Crippen molar-refractivity contribution in [1.82, 2.24) is 20.2 Å². The molecule has 5 aromatic rings. The van der Waals surface area contributed by atoms with E-state index in [-0.39, 0.29) is 13.2 Å². The number of hydrogen-bond acceptors (Lipinski definition) is 9. The van der Waals surface area contributed by atoms with E-state index in [0.29, 0.717) is 48.2 Å². The van der Waals surface area contributed by atoms with Gasteiger partial charge in [-0.25, -0.2) is 0 Å². The molecular weight excluding hydrogens is 726 g/mol. The fourth-order valence-corrected chi connectivity index (χ4v) is 7.27. The molecule has 0 bridgehead atoms. The molecule has 0 unspecified atom stereocenters. The van der Waals surface area contributed by atoms with E-state index in [1.54, 1.807) is 24.4 Å². The van der Waals surface area contributed by atoms with Crippen molar-refractivity contribution in [1.29, 1.82) is 5.26 Å². The number of nitrogens with zero attached hydrogens (tertiary/aromatic N) is 4. The summed E-state index contributed by atoms with van der Waals surface area (Å²) in [4.78, 5) is 22.6. The van der Waals surface area contributed by atoms with Gasteiger partial charge in [0, 0.05) is 61.0 Å². The van der Waals surface area contributed by atoms with Crippen molar-refractivity contribution in [2.24, 2.45) is 0 Å². The Labute approximate surface area is 334 Å². The first-order valence-corrected chi connectivity index (χ1v) is 19.5. The van der Waals surface area contributed by atoms with Gasteiger partial charge >= 0.3 is 5.97 Å². The molecule has 1 aliphatic heterocycles. The number of aromatic nitrogens is 2. The van der Waals surface area contributed by atoms with Gasteiger partial charge in [0.25, 0.3) is 0 Å². The van der Waals surface area contributed by atoms with E-state index in [9.17, 15) is 15.2 Å². The van der Waals surface area contributed by atoms with Gasteiger partial charge in [-0.15, -0.1) is 0 Å². The Kier molecular flexibility index (Phi) is 14.3. The van der Waals surface area contributed by atoms with Crippen LogP contribution in [-0.2, 0) is 31.0 Å². The molecule has 0 saturated carbocycles. The number of carboxylic acids is 1. The molecule has 0 amide bonds. The molecule has 2 N–H and O–H groups in total. The number of benzene rings is 3. The zero-order chi connectivity index (χ0) is 39.3. The van der Waals surface area contributed by atoms with E-state index in [1.165, 1.54) is 6.20 Å². The highest BCUT2D eigenvalue weighted by atomic mass is 35.5. The first-order valence-electron chi connectivity index (χ1n) is 19.1. The molecule has 56 heavy (non-hydrogen) atoms. The van der Waals surface area contributed by atoms with E-state index < -0.39 is 12.0 Å². The summed E-state index contributed by atoms with van der Waals surface area (Å²) in [6.07, 6.45) is 9.16. The van der Waals surface area contributed by atoms with Crippen LogP contribution in [0.4, 0.5) is 0 Å². The van der Waals surface area contributed by atoms with Gasteiger partial charge in [0.15, 0.2) is 0 Å². The van der Waals surface area contributed by atoms with Gasteiger partial charge in [-0.05, 0) is 104 Å². The summed E-state index contributed by atoms with van der Waals surface area (Å²) < 4.78 is 19.0. The number of nitriles is 1. The number of nitrogens with one attached hydrogen (secondary N) is 1. The Morgan fingerprint density at radius 1 is 0.911 bits per heavy atom. The molecule has 1 fully saturated rings. The topological polar surface area (TPSA) is 130 Å². The molecule has 1 aliphatic rings. The smallest absolute Gasteiger partial charge is 0.320 e. The maximum absolute atomic E-state index is 12.1. The number of carbonyl (C=O) groups is 1. The molecule has 0 radical (unpaired) electrons. The molecule has 1 atom stereocenters. The average Bonchev–Trinajstić information content (AvgIpc) is 3.21. The fourth-order valence-electron chi connectivity index (χ4n) is 7.03. The third-order valence-corrected chi connectivity index (χ3v) is 10.4. The molecule has 3 heterocycles. The number of halogens is 1. The SMILES string of the molecule is Cc1c(COc2cc(OCc3cncc(C#N)c3)c(CN3CCCC[C@H]3C(=O)O)cc2Cl)cccc1-c1cccc(OCCCNCCc2ccccn2)c1C. The van der Waals surface area contributed by atoms with Crippen molar-refractivity contribution in [2.75, 3.05) is 26.2 Å². The number of carboxylic acid groups (broad SMARTS) is 1. The van der Waals surface area contributed by atoms with Crippen LogP contribution in [0.15, 0.2) is 91.4 Å². The lowest BCUT2D eigenvalue weighted by Crippen LogP contribution is -2.44. The van der Waals surface area contributed by atoms with Crippen molar-refractivity contribution < 1.29 is 24.1 Å². The Morgan fingerprint density at radius 3 is 2.54 bits per heavy atom. The number of ether oxygens (including phenoxy) is 3. The lowest BCUT2D eigenvalue weighted by atomic mass is 9.93. The summed E-state index contributed by atoms with van der Waals surface area (Å²) >= 11 is 6.87. The third-order valence-electron chi connectivity index (χ3n) is 10.1. The van der Waals surface area contributed by atoms with Crippen LogP contribution in [-0.4, -0.2) is 58.2 Å². The highest BCUT2D eigenvalue weighted by Gasteiger charge is 2.29. The Bertz CT molecular complexity index is 2140. The molecule has 3 aromatic carbocycles. The molecule has 0 aliphatic carbocycles. The number of hydrogen-bond donors (Lipinski definition) is 2. The lowest BCUT2D eigenvalue weighted by Gasteiger charge is -2.33. The minimum absolute atomic E-state index is 0.159. The van der Waals surface area contributed by atoms with Crippen molar-refractivity contribution in [3.63, 3.8) is 0 Å². The van der Waals surface area contributed by atoms with E-state index in [2.05, 4.69) is 47.3 Å². The normalized spacial score (nSPS) is 14.2. The zero-order valence-corrected chi connectivity index (χ0v) is 32.7. The third kappa shape index (κ3) is 10.6. The maximum atomic E-state index is 12.1. The van der Waals surface area contributed by atoms with Crippen LogP contribution in [0.2, 0.25) is 5.02 Å². The van der Waals surface area contributed by atoms with Gasteiger partial charge in [-0.2, -0.15) is 5.26 Å². The van der Waals surface area contributed by atoms with Gasteiger partial charge in [-0.3, -0.25) is 19.7 Å². The predicted molar refractivity (Wildman–Crippen MR) is 217 cm³/mol. The fraction of sp³-hybridized carbons (Fsp3) is 0.333. The molecule has 0 spiro atoms. The summed E-state index contributed by atoms with van der Waals surface area (Å²) in [5, 5.41) is 23.1. The summed E-state index contributed by atoms with van der Waals surface area (Å²) in [5.41, 5.74) is 8.37. The molecule has 6 rings (SSSR count). The van der Waals surface area contributed by atoms with Gasteiger partial charge in [0.05, 0.1) is 17.2 Å². The monoisotopic (exact) mass is 773 g/mol. The van der Waals surface area contributed by atoms with Crippen LogP contribution in [0, 0.1) is 25.2 Å². The van der Waals surface area contributed by atoms with E-state index in [4.69, 9.17) is 25.8 Å². The Balaban J connectivity index is 1.13. The van der Waals surface area contributed by atoms with Gasteiger partial charge in [0.2, 0.25) is 0 Å². The van der Waals surface area contributed by atoms with Gasteiger partial charge < -0.3 is 24.6 Å². The Morgan fingerprint density at radius 2 is 1.73 bits per heavy atom. The second kappa shape index (κ2) is 19.9. The first kappa shape index (κ1) is 40.2. The van der Waals surface area contributed by atoms with Crippen LogP contribution in [0.25, 0.3) is 11.1 Å². The number of likely N-dealkylation sites (tertiary alicyclic amines) is 1. The predicted octanol–water partition coefficient (Wildman–Crippen LogP) is 8.48. The molecule has 10 nitrogen and oxygen atoms in total. The van der Waals surface area contributed by atoms with Crippen LogP contribution in [0.5, 0.6) is 17.2 Å². The van der Waals surface area contributed by atoms with Crippen molar-refractivity contribution in [3.8, 4) is 34.4 Å². The Hall–Kier alpha value is -5.47. The molecule has 11 heteroatoms. The van der Waals surface area contributed by atoms with Crippen molar-refractivity contribution in [2.45, 2.75) is 71.8 Å². The van der Waals surface area contributed by atoms with Crippen molar-refractivity contribution in [3.05, 3.63) is 135 Å². The van der Waals surface area contributed by atoms with Gasteiger partial charge in [-0.1, -0.05) is 54.4 Å². The molecule has 290 valence electrons. The van der Waals surface area contributed by atoms with E-state index in [0.717, 1.165) is 89.2 Å². The van der Waals surface area contributed by atoms with Crippen molar-refractivity contribution >= 4 is 17.6 Å². The van der Waals surface area contributed by atoms with E-state index >= 15 is 0 Å². The second-order valence-electron chi connectivity index (χ2n) is 14.0. The van der Waals surface area contributed by atoms with Crippen LogP contribution < -0.4 is 19.5 Å². The molecule has 2 aromatic heterocycles. The molecule has 1 saturated heterocycles. The van der Waals surface area contributed by atoms with Crippen LogP contribution in [0.3, 0.4) is 0 Å². The zero-order valence-electron chi connectivity index (χ0n) is 32.0. The quantitative estimate of drug-likeness (QED) is 0.0837. The first-order chi connectivity index (χ1) is 27.3. The number of piperidine rings is 1. The highest BCUT2D eigenvalue weighted by molar-refractivity contribution is 6.32. The minimum atomic E-state index is -0.832. The number of pyridine rings is 2. The van der Waals surface area contributed by atoms with E-state index in [1.807, 2.05) is 53.6 Å².